The van der Waals surface area contributed by atoms with E-state index in [1.54, 1.807) is 6.08 Å². The molecule has 1 aliphatic heterocycles. The molecule has 0 bridgehead atoms. The number of carbonyl (C=O) groups is 2. The van der Waals surface area contributed by atoms with E-state index < -0.39 is 67.4 Å². The third-order valence-electron chi connectivity index (χ3n) is 15.7. The molecule has 0 spiro atoms. The summed E-state index contributed by atoms with van der Waals surface area (Å²) in [4.78, 5) is 26.6. The zero-order valence-corrected chi connectivity index (χ0v) is 51.2. The molecule has 79 heavy (non-hydrogen) atoms. The molecule has 1 amide bonds. The number of esters is 1. The van der Waals surface area contributed by atoms with E-state index in [2.05, 4.69) is 62.5 Å². The highest BCUT2D eigenvalue weighted by molar-refractivity contribution is 5.80. The van der Waals surface area contributed by atoms with E-state index in [9.17, 15) is 35.1 Å². The lowest BCUT2D eigenvalue weighted by molar-refractivity contribution is -0.305. The van der Waals surface area contributed by atoms with E-state index in [0.29, 0.717) is 19.3 Å². The Labute approximate surface area is 485 Å². The number of aliphatic hydroxyl groups is 5. The molecule has 6 N–H and O–H groups in total. The molecule has 1 heterocycles. The molecule has 1 saturated heterocycles. The molecule has 8 unspecified atom stereocenters. The number of carbonyl (C=O) groups excluding carboxylic acids is 2. The zero-order valence-electron chi connectivity index (χ0n) is 51.2. The van der Waals surface area contributed by atoms with Crippen LogP contribution in [0.1, 0.15) is 310 Å². The smallest absolute Gasteiger partial charge is 0.306 e. The standard InChI is InChI=1S/C68H125NO10/c1-4-7-10-13-16-19-22-24-26-28-29-30-31-32-33-34-36-38-41-44-47-50-53-56-63(73)79-66-65(75)64(74)62(57-70)78-68(66)77-58-59(60(71)54-51-48-45-42-39-21-18-15-12-9-6-3)69-67(76)61(72)55-52-49-46-43-40-37-35-27-25-23-20-17-14-11-8-5-2/h16,19,24,26,29-30,51,54,59-62,64-66,68,70-72,74-75H,4-15,17-18,20-23,25,27-28,31-50,52-53,55-58H2,1-3H3,(H,69,76)/b19-16-,26-24-,30-29-,54-51+. The fraction of sp³-hybridized carbons (Fsp3) is 0.853. The van der Waals surface area contributed by atoms with Crippen molar-refractivity contribution in [3.63, 3.8) is 0 Å². The van der Waals surface area contributed by atoms with Gasteiger partial charge in [-0.05, 0) is 64.2 Å². The van der Waals surface area contributed by atoms with Gasteiger partial charge in [-0.2, -0.15) is 0 Å². The SMILES string of the molecule is CCCCC/C=C\C/C=C\C/C=C\CCCCCCCCCCCCC(=O)OC1C(OCC(NC(=O)C(O)CCCCCCCCCCCCCCCCCC)C(O)/C=C/CCCCCCCCCCC)OC(CO)C(O)C1O. The molecular weight excluding hydrogens is 991 g/mol. The van der Waals surface area contributed by atoms with Crippen molar-refractivity contribution in [2.45, 2.75) is 359 Å². The van der Waals surface area contributed by atoms with Gasteiger partial charge in [0.1, 0.15) is 24.4 Å². The summed E-state index contributed by atoms with van der Waals surface area (Å²) in [6.45, 7) is 5.78. The average Bonchev–Trinajstić information content (AvgIpc) is 3.47. The van der Waals surface area contributed by atoms with Gasteiger partial charge in [-0.3, -0.25) is 9.59 Å². The number of hydrogen-bond donors (Lipinski definition) is 6. The van der Waals surface area contributed by atoms with Gasteiger partial charge in [-0.25, -0.2) is 0 Å². The number of ether oxygens (including phenoxy) is 3. The minimum atomic E-state index is -1.61. The van der Waals surface area contributed by atoms with E-state index in [1.165, 1.54) is 186 Å². The van der Waals surface area contributed by atoms with Crippen molar-refractivity contribution in [2.75, 3.05) is 13.2 Å². The van der Waals surface area contributed by atoms with Crippen LogP contribution in [0.25, 0.3) is 0 Å². The molecule has 0 aromatic rings. The Balaban J connectivity index is 2.59. The number of nitrogens with one attached hydrogen (secondary N) is 1. The summed E-state index contributed by atoms with van der Waals surface area (Å²) in [7, 11) is 0. The lowest BCUT2D eigenvalue weighted by Gasteiger charge is -2.41. The first-order valence-corrected chi connectivity index (χ1v) is 33.4. The maximum atomic E-state index is 13.4. The van der Waals surface area contributed by atoms with Crippen molar-refractivity contribution in [3.05, 3.63) is 48.6 Å². The summed E-state index contributed by atoms with van der Waals surface area (Å²) in [6.07, 6.45) is 58.6. The van der Waals surface area contributed by atoms with Crippen molar-refractivity contribution in [2.24, 2.45) is 0 Å². The van der Waals surface area contributed by atoms with Crippen LogP contribution in [-0.2, 0) is 23.8 Å². The monoisotopic (exact) mass is 1120 g/mol. The number of rotatable bonds is 57. The molecule has 0 aromatic heterocycles. The number of hydrogen-bond acceptors (Lipinski definition) is 10. The van der Waals surface area contributed by atoms with Gasteiger partial charge in [0, 0.05) is 6.42 Å². The van der Waals surface area contributed by atoms with Crippen molar-refractivity contribution in [1.82, 2.24) is 5.32 Å². The van der Waals surface area contributed by atoms with E-state index in [4.69, 9.17) is 14.2 Å². The molecule has 462 valence electrons. The second-order valence-electron chi connectivity index (χ2n) is 23.2. The van der Waals surface area contributed by atoms with Gasteiger partial charge in [0.2, 0.25) is 5.91 Å². The van der Waals surface area contributed by atoms with E-state index in [-0.39, 0.29) is 13.0 Å². The maximum Gasteiger partial charge on any atom is 0.306 e. The fourth-order valence-corrected chi connectivity index (χ4v) is 10.4. The summed E-state index contributed by atoms with van der Waals surface area (Å²) in [5, 5.41) is 57.1. The first kappa shape index (κ1) is 74.6. The third-order valence-corrected chi connectivity index (χ3v) is 15.7. The third kappa shape index (κ3) is 43.9. The van der Waals surface area contributed by atoms with Crippen molar-refractivity contribution < 1.29 is 49.3 Å². The summed E-state index contributed by atoms with van der Waals surface area (Å²) < 4.78 is 17.7. The van der Waals surface area contributed by atoms with Gasteiger partial charge in [0.25, 0.3) is 0 Å². The molecule has 11 heteroatoms. The first-order chi connectivity index (χ1) is 38.7. The Morgan fingerprint density at radius 3 is 1.33 bits per heavy atom. The predicted molar refractivity (Wildman–Crippen MR) is 329 cm³/mol. The summed E-state index contributed by atoms with van der Waals surface area (Å²) in [5.41, 5.74) is 0. The molecule has 1 rings (SSSR count). The van der Waals surface area contributed by atoms with E-state index in [1.807, 2.05) is 6.08 Å². The molecule has 8 atom stereocenters. The summed E-state index contributed by atoms with van der Waals surface area (Å²) >= 11 is 0. The van der Waals surface area contributed by atoms with Gasteiger partial charge >= 0.3 is 5.97 Å². The molecule has 1 aliphatic rings. The molecular formula is C68H125NO10. The number of unbranched alkanes of at least 4 members (excludes halogenated alkanes) is 37. The van der Waals surface area contributed by atoms with Gasteiger partial charge in [-0.15, -0.1) is 0 Å². The predicted octanol–water partition coefficient (Wildman–Crippen LogP) is 16.4. The van der Waals surface area contributed by atoms with Crippen LogP contribution in [0.2, 0.25) is 0 Å². The van der Waals surface area contributed by atoms with Gasteiger partial charge in [0.05, 0.1) is 25.4 Å². The first-order valence-electron chi connectivity index (χ1n) is 33.4. The Kier molecular flexibility index (Phi) is 53.0. The molecule has 1 fully saturated rings. The zero-order chi connectivity index (χ0) is 57.5. The highest BCUT2D eigenvalue weighted by Crippen LogP contribution is 2.26. The summed E-state index contributed by atoms with van der Waals surface area (Å²) in [5.74, 6) is -1.19. The quantitative estimate of drug-likeness (QED) is 0.0195. The molecule has 0 saturated carbocycles. The topological polar surface area (TPSA) is 175 Å². The molecule has 0 radical (unpaired) electrons. The minimum absolute atomic E-state index is 0.120. The van der Waals surface area contributed by atoms with Crippen LogP contribution in [0, 0.1) is 0 Å². The average molecular weight is 1120 g/mol. The number of aliphatic hydroxyl groups excluding tert-OH is 5. The Bertz CT molecular complexity index is 1470. The highest BCUT2D eigenvalue weighted by Gasteiger charge is 2.47. The van der Waals surface area contributed by atoms with Crippen LogP contribution in [0.3, 0.4) is 0 Å². The highest BCUT2D eigenvalue weighted by atomic mass is 16.7. The lowest BCUT2D eigenvalue weighted by atomic mass is 9.99. The van der Waals surface area contributed by atoms with Gasteiger partial charge < -0.3 is 45.1 Å². The Morgan fingerprint density at radius 1 is 0.494 bits per heavy atom. The Morgan fingerprint density at radius 2 is 0.873 bits per heavy atom. The second kappa shape index (κ2) is 56.1. The van der Waals surface area contributed by atoms with Crippen LogP contribution in [0.5, 0.6) is 0 Å². The van der Waals surface area contributed by atoms with Crippen molar-refractivity contribution in [1.29, 1.82) is 0 Å². The van der Waals surface area contributed by atoms with Crippen LogP contribution < -0.4 is 5.32 Å². The van der Waals surface area contributed by atoms with E-state index >= 15 is 0 Å². The number of amides is 1. The maximum absolute atomic E-state index is 13.4. The van der Waals surface area contributed by atoms with Crippen LogP contribution >= 0.6 is 0 Å². The fourth-order valence-electron chi connectivity index (χ4n) is 10.4. The molecule has 0 aromatic carbocycles. The second-order valence-corrected chi connectivity index (χ2v) is 23.2. The largest absolute Gasteiger partial charge is 0.454 e. The van der Waals surface area contributed by atoms with Crippen LogP contribution in [0.4, 0.5) is 0 Å². The number of allylic oxidation sites excluding steroid dienone is 7. The minimum Gasteiger partial charge on any atom is -0.454 e. The Hall–Kier alpha value is -2.38. The normalized spacial score (nSPS) is 19.1. The molecule has 0 aliphatic carbocycles. The molecule has 11 nitrogen and oxygen atoms in total. The van der Waals surface area contributed by atoms with Gasteiger partial charge in [0.15, 0.2) is 12.4 Å². The summed E-state index contributed by atoms with van der Waals surface area (Å²) in [6, 6.07) is -1.02. The van der Waals surface area contributed by atoms with Crippen molar-refractivity contribution >= 4 is 11.9 Å². The lowest BCUT2D eigenvalue weighted by Crippen LogP contribution is -2.61. The van der Waals surface area contributed by atoms with Gasteiger partial charge in [-0.1, -0.05) is 288 Å². The van der Waals surface area contributed by atoms with Crippen LogP contribution in [-0.4, -0.2) is 99.6 Å². The van der Waals surface area contributed by atoms with E-state index in [0.717, 1.165) is 77.0 Å². The van der Waals surface area contributed by atoms with Crippen LogP contribution in [0.15, 0.2) is 48.6 Å². The van der Waals surface area contributed by atoms with Crippen molar-refractivity contribution in [3.8, 4) is 0 Å².